The van der Waals surface area contributed by atoms with Crippen LogP contribution < -0.4 is 9.64 Å². The lowest BCUT2D eigenvalue weighted by Crippen LogP contribution is -2.49. The van der Waals surface area contributed by atoms with Crippen molar-refractivity contribution >= 4 is 17.7 Å². The van der Waals surface area contributed by atoms with E-state index in [1.807, 2.05) is 54.6 Å². The van der Waals surface area contributed by atoms with Gasteiger partial charge in [-0.2, -0.15) is 10.5 Å². The molecule has 1 saturated heterocycles. The van der Waals surface area contributed by atoms with Crippen LogP contribution in [0.3, 0.4) is 0 Å². The molecule has 0 aromatic heterocycles. The summed E-state index contributed by atoms with van der Waals surface area (Å²) in [5.74, 6) is 0.268. The Bertz CT molecular complexity index is 1260. The van der Waals surface area contributed by atoms with Crippen LogP contribution in [0.15, 0.2) is 84.4 Å². The summed E-state index contributed by atoms with van der Waals surface area (Å²) >= 11 is 0. The van der Waals surface area contributed by atoms with Crippen LogP contribution in [-0.2, 0) is 11.4 Å². The second-order valence-electron chi connectivity index (χ2n) is 7.88. The molecule has 1 heterocycles. The first-order chi connectivity index (χ1) is 16.7. The van der Waals surface area contributed by atoms with Crippen LogP contribution >= 0.6 is 0 Å². The smallest absolute Gasteiger partial charge is 0.264 e. The van der Waals surface area contributed by atoms with Crippen LogP contribution in [0, 0.1) is 22.7 Å². The quantitative estimate of drug-likeness (QED) is 0.413. The first kappa shape index (κ1) is 22.6. The summed E-state index contributed by atoms with van der Waals surface area (Å²) in [4.78, 5) is 17.1. The molecule has 4 rings (SSSR count). The summed E-state index contributed by atoms with van der Waals surface area (Å²) in [7, 11) is 0. The van der Waals surface area contributed by atoms with Gasteiger partial charge in [0.1, 0.15) is 24.0 Å². The molecule has 6 heteroatoms. The molecule has 0 atom stereocenters. The van der Waals surface area contributed by atoms with Crippen molar-refractivity contribution in [3.05, 3.63) is 101 Å². The predicted molar refractivity (Wildman–Crippen MR) is 131 cm³/mol. The van der Waals surface area contributed by atoms with E-state index in [9.17, 15) is 15.3 Å². The fourth-order valence-corrected chi connectivity index (χ4v) is 3.92. The van der Waals surface area contributed by atoms with E-state index in [1.54, 1.807) is 23.1 Å². The molecule has 6 nitrogen and oxygen atoms in total. The molecule has 0 aliphatic carbocycles. The zero-order valence-electron chi connectivity index (χ0n) is 18.7. The Morgan fingerprint density at radius 3 is 2.29 bits per heavy atom. The van der Waals surface area contributed by atoms with Gasteiger partial charge in [-0.25, -0.2) is 0 Å². The van der Waals surface area contributed by atoms with E-state index in [2.05, 4.69) is 29.2 Å². The number of hydrogen-bond donors (Lipinski definition) is 0. The fourth-order valence-electron chi connectivity index (χ4n) is 3.92. The Morgan fingerprint density at radius 2 is 1.56 bits per heavy atom. The molecule has 0 bridgehead atoms. The highest BCUT2D eigenvalue weighted by molar-refractivity contribution is 6.02. The number of ether oxygens (including phenoxy) is 1. The highest BCUT2D eigenvalue weighted by Crippen LogP contribution is 2.24. The normalized spacial score (nSPS) is 13.6. The number of rotatable bonds is 6. The van der Waals surface area contributed by atoms with E-state index < -0.39 is 0 Å². The lowest BCUT2D eigenvalue weighted by Gasteiger charge is -2.36. The van der Waals surface area contributed by atoms with Gasteiger partial charge in [0.25, 0.3) is 5.91 Å². The van der Waals surface area contributed by atoms with Gasteiger partial charge >= 0.3 is 0 Å². The Labute approximate surface area is 199 Å². The molecule has 0 unspecified atom stereocenters. The molecular weight excluding hydrogens is 424 g/mol. The van der Waals surface area contributed by atoms with Crippen LogP contribution in [0.1, 0.15) is 16.7 Å². The average Bonchev–Trinajstić information content (AvgIpc) is 2.91. The van der Waals surface area contributed by atoms with Crippen LogP contribution in [0.5, 0.6) is 5.75 Å². The van der Waals surface area contributed by atoms with Gasteiger partial charge in [0.2, 0.25) is 0 Å². The summed E-state index contributed by atoms with van der Waals surface area (Å²) in [6.07, 6.45) is 1.58. The molecule has 1 aliphatic heterocycles. The van der Waals surface area contributed by atoms with Crippen molar-refractivity contribution < 1.29 is 9.53 Å². The summed E-state index contributed by atoms with van der Waals surface area (Å²) in [6.45, 7) is 2.75. The molecule has 168 valence electrons. The van der Waals surface area contributed by atoms with Crippen molar-refractivity contribution in [2.75, 3.05) is 31.1 Å². The highest BCUT2D eigenvalue weighted by Gasteiger charge is 2.24. The van der Waals surface area contributed by atoms with Crippen molar-refractivity contribution in [3.8, 4) is 17.9 Å². The third-order valence-electron chi connectivity index (χ3n) is 5.78. The van der Waals surface area contributed by atoms with E-state index in [-0.39, 0.29) is 18.1 Å². The molecule has 1 aliphatic rings. The lowest BCUT2D eigenvalue weighted by molar-refractivity contribution is -0.126. The summed E-state index contributed by atoms with van der Waals surface area (Å²) in [5.41, 5.74) is 3.18. The van der Waals surface area contributed by atoms with Crippen molar-refractivity contribution in [1.82, 2.24) is 4.90 Å². The third-order valence-corrected chi connectivity index (χ3v) is 5.78. The maximum Gasteiger partial charge on any atom is 0.264 e. The largest absolute Gasteiger partial charge is 0.488 e. The fraction of sp³-hybridized carbons (Fsp3) is 0.179. The van der Waals surface area contributed by atoms with Gasteiger partial charge in [0, 0.05) is 43.0 Å². The second-order valence-corrected chi connectivity index (χ2v) is 7.88. The Hall–Kier alpha value is -4.55. The van der Waals surface area contributed by atoms with E-state index in [0.29, 0.717) is 43.1 Å². The Morgan fingerprint density at radius 1 is 0.882 bits per heavy atom. The molecule has 1 fully saturated rings. The number of piperazine rings is 1. The van der Waals surface area contributed by atoms with Gasteiger partial charge in [0.05, 0.1) is 11.6 Å². The zero-order chi connectivity index (χ0) is 23.8. The molecule has 1 amide bonds. The number of anilines is 1. The van der Waals surface area contributed by atoms with E-state index >= 15 is 0 Å². The molecule has 0 N–H and O–H groups in total. The minimum absolute atomic E-state index is 0.0710. The van der Waals surface area contributed by atoms with Gasteiger partial charge in [-0.3, -0.25) is 4.79 Å². The average molecular weight is 449 g/mol. The molecule has 0 spiro atoms. The molecule has 3 aromatic rings. The van der Waals surface area contributed by atoms with Gasteiger partial charge in [-0.15, -0.1) is 0 Å². The molecule has 3 aromatic carbocycles. The predicted octanol–water partition coefficient (Wildman–Crippen LogP) is 4.39. The number of carbonyl (C=O) groups is 1. The molecule has 34 heavy (non-hydrogen) atoms. The minimum atomic E-state index is -0.278. The SMILES string of the molecule is N#C/C(=C/c1ccccc1OCc1ccccc1C#N)C(=O)N1CCN(c2ccccc2)CC1. The number of carbonyl (C=O) groups excluding carboxylic acids is 1. The highest BCUT2D eigenvalue weighted by atomic mass is 16.5. The van der Waals surface area contributed by atoms with E-state index in [4.69, 9.17) is 4.74 Å². The monoisotopic (exact) mass is 448 g/mol. The maximum atomic E-state index is 13.1. The first-order valence-electron chi connectivity index (χ1n) is 11.1. The zero-order valence-corrected chi connectivity index (χ0v) is 18.7. The van der Waals surface area contributed by atoms with Crippen molar-refractivity contribution in [1.29, 1.82) is 10.5 Å². The number of para-hydroxylation sites is 2. The van der Waals surface area contributed by atoms with Crippen LogP contribution in [0.4, 0.5) is 5.69 Å². The first-order valence-corrected chi connectivity index (χ1v) is 11.1. The molecular formula is C28H24N4O2. The van der Waals surface area contributed by atoms with Gasteiger partial charge in [-0.05, 0) is 30.3 Å². The number of nitrogens with zero attached hydrogens (tertiary/aromatic N) is 4. The molecule has 0 saturated carbocycles. The van der Waals surface area contributed by atoms with Gasteiger partial charge < -0.3 is 14.5 Å². The lowest BCUT2D eigenvalue weighted by atomic mass is 10.1. The maximum absolute atomic E-state index is 13.1. The second kappa shape index (κ2) is 10.8. The summed E-state index contributed by atoms with van der Waals surface area (Å²) in [5, 5.41) is 19.0. The number of amides is 1. The summed E-state index contributed by atoms with van der Waals surface area (Å²) < 4.78 is 5.96. The van der Waals surface area contributed by atoms with E-state index in [1.165, 1.54) is 0 Å². The third kappa shape index (κ3) is 5.26. The topological polar surface area (TPSA) is 80.4 Å². The number of benzene rings is 3. The molecule has 0 radical (unpaired) electrons. The minimum Gasteiger partial charge on any atom is -0.488 e. The van der Waals surface area contributed by atoms with Crippen molar-refractivity contribution in [2.45, 2.75) is 6.61 Å². The van der Waals surface area contributed by atoms with Crippen molar-refractivity contribution in [3.63, 3.8) is 0 Å². The van der Waals surface area contributed by atoms with Gasteiger partial charge in [-0.1, -0.05) is 54.6 Å². The van der Waals surface area contributed by atoms with Crippen LogP contribution in [0.25, 0.3) is 6.08 Å². The number of nitriles is 2. The van der Waals surface area contributed by atoms with Crippen molar-refractivity contribution in [2.24, 2.45) is 0 Å². The van der Waals surface area contributed by atoms with Gasteiger partial charge in [0.15, 0.2) is 0 Å². The Kier molecular flexibility index (Phi) is 7.22. The number of hydrogen-bond acceptors (Lipinski definition) is 5. The Balaban J connectivity index is 1.46. The standard InChI is InChI=1S/C28H24N4O2/c29-19-23-9-4-5-10-24(23)21-34-27-13-7-6-8-22(27)18-25(20-30)28(33)32-16-14-31(15-17-32)26-11-2-1-3-12-26/h1-13,18H,14-17,21H2/b25-18-. The summed E-state index contributed by atoms with van der Waals surface area (Å²) in [6, 6.07) is 28.9. The van der Waals surface area contributed by atoms with Crippen LogP contribution in [-0.4, -0.2) is 37.0 Å². The van der Waals surface area contributed by atoms with Crippen LogP contribution in [0.2, 0.25) is 0 Å². The van der Waals surface area contributed by atoms with E-state index in [0.717, 1.165) is 11.3 Å².